The highest BCUT2D eigenvalue weighted by Crippen LogP contribution is 2.22. The maximum absolute atomic E-state index is 11.5. The Hall–Kier alpha value is -1.57. The summed E-state index contributed by atoms with van der Waals surface area (Å²) in [4.78, 5) is 22.7. The van der Waals surface area contributed by atoms with Gasteiger partial charge in [-0.05, 0) is 25.2 Å². The number of carbonyl (C=O) groups is 2. The molecule has 94 valence electrons. The van der Waals surface area contributed by atoms with E-state index in [9.17, 15) is 9.59 Å². The molecule has 0 bridgehead atoms. The zero-order valence-electron chi connectivity index (χ0n) is 10.2. The molecule has 0 saturated heterocycles. The molecule has 0 aromatic heterocycles. The van der Waals surface area contributed by atoms with Crippen LogP contribution in [0.2, 0.25) is 0 Å². The lowest BCUT2D eigenvalue weighted by atomic mass is 10.0. The van der Waals surface area contributed by atoms with Crippen LogP contribution in [-0.2, 0) is 9.59 Å². The summed E-state index contributed by atoms with van der Waals surface area (Å²) in [5, 5.41) is 13.2. The first-order valence-electron chi connectivity index (χ1n) is 6.09. The molecule has 2 N–H and O–H groups in total. The largest absolute Gasteiger partial charge is 0.345 e. The first-order chi connectivity index (χ1) is 8.13. The van der Waals surface area contributed by atoms with E-state index in [1.54, 1.807) is 6.07 Å². The summed E-state index contributed by atoms with van der Waals surface area (Å²) >= 11 is 0. The quantitative estimate of drug-likeness (QED) is 0.421. The van der Waals surface area contributed by atoms with E-state index in [-0.39, 0.29) is 12.6 Å². The molecule has 2 unspecified atom stereocenters. The lowest BCUT2D eigenvalue weighted by Gasteiger charge is -2.15. The van der Waals surface area contributed by atoms with Gasteiger partial charge >= 0.3 is 11.8 Å². The van der Waals surface area contributed by atoms with E-state index in [1.165, 1.54) is 6.42 Å². The highest BCUT2D eigenvalue weighted by molar-refractivity contribution is 6.35. The maximum atomic E-state index is 11.5. The van der Waals surface area contributed by atoms with E-state index in [2.05, 4.69) is 17.6 Å². The molecule has 1 saturated carbocycles. The second-order valence-corrected chi connectivity index (χ2v) is 4.62. The molecule has 0 heterocycles. The molecule has 2 amide bonds. The van der Waals surface area contributed by atoms with Crippen LogP contribution in [-0.4, -0.2) is 24.4 Å². The summed E-state index contributed by atoms with van der Waals surface area (Å²) in [7, 11) is 0. The Morgan fingerprint density at radius 2 is 2.00 bits per heavy atom. The van der Waals surface area contributed by atoms with E-state index in [0.29, 0.717) is 5.92 Å². The predicted octanol–water partition coefficient (Wildman–Crippen LogP) is 0.711. The number of rotatable bonds is 2. The van der Waals surface area contributed by atoms with Crippen molar-refractivity contribution in [3.05, 3.63) is 0 Å². The van der Waals surface area contributed by atoms with Crippen molar-refractivity contribution in [3.8, 4) is 6.07 Å². The molecular formula is C12H19N3O2. The SMILES string of the molecule is CC1CCCC(NC(=O)C(=O)NCC#N)CC1. The lowest BCUT2D eigenvalue weighted by Crippen LogP contribution is -2.44. The molecule has 17 heavy (non-hydrogen) atoms. The van der Waals surface area contributed by atoms with Crippen molar-refractivity contribution in [1.82, 2.24) is 10.6 Å². The zero-order valence-corrected chi connectivity index (χ0v) is 10.2. The molecule has 1 aliphatic carbocycles. The zero-order chi connectivity index (χ0) is 12.7. The fourth-order valence-electron chi connectivity index (χ4n) is 2.08. The molecule has 2 atom stereocenters. The Balaban J connectivity index is 2.35. The minimum atomic E-state index is -0.719. The number of carbonyl (C=O) groups excluding carboxylic acids is 2. The molecule has 0 aliphatic heterocycles. The smallest absolute Gasteiger partial charge is 0.310 e. The number of nitrogens with one attached hydrogen (secondary N) is 2. The van der Waals surface area contributed by atoms with E-state index < -0.39 is 11.8 Å². The molecule has 1 rings (SSSR count). The normalized spacial score (nSPS) is 24.2. The molecular weight excluding hydrogens is 218 g/mol. The number of nitrogens with zero attached hydrogens (tertiary/aromatic N) is 1. The first kappa shape index (κ1) is 13.5. The Morgan fingerprint density at radius 1 is 1.24 bits per heavy atom. The van der Waals surface area contributed by atoms with Crippen molar-refractivity contribution in [1.29, 1.82) is 5.26 Å². The predicted molar refractivity (Wildman–Crippen MR) is 62.8 cm³/mol. The third-order valence-electron chi connectivity index (χ3n) is 3.13. The van der Waals surface area contributed by atoms with Gasteiger partial charge < -0.3 is 10.6 Å². The van der Waals surface area contributed by atoms with Crippen molar-refractivity contribution in [2.75, 3.05) is 6.54 Å². The van der Waals surface area contributed by atoms with E-state index in [1.807, 2.05) is 0 Å². The van der Waals surface area contributed by atoms with Gasteiger partial charge in [0.2, 0.25) is 0 Å². The standard InChI is InChI=1S/C12H19N3O2/c1-9-3-2-4-10(6-5-9)15-12(17)11(16)14-8-7-13/h9-10H,2-6,8H2,1H3,(H,14,16)(H,15,17). The highest BCUT2D eigenvalue weighted by atomic mass is 16.2. The van der Waals surface area contributed by atoms with Crippen LogP contribution in [0.4, 0.5) is 0 Å². The highest BCUT2D eigenvalue weighted by Gasteiger charge is 2.20. The van der Waals surface area contributed by atoms with Gasteiger partial charge in [0, 0.05) is 6.04 Å². The van der Waals surface area contributed by atoms with E-state index >= 15 is 0 Å². The lowest BCUT2D eigenvalue weighted by molar-refractivity contribution is -0.139. The van der Waals surface area contributed by atoms with Crippen LogP contribution in [0.25, 0.3) is 0 Å². The average Bonchev–Trinajstić information content (AvgIpc) is 2.51. The topological polar surface area (TPSA) is 82.0 Å². The fourth-order valence-corrected chi connectivity index (χ4v) is 2.08. The summed E-state index contributed by atoms with van der Waals surface area (Å²) in [6, 6.07) is 1.86. The van der Waals surface area contributed by atoms with Crippen molar-refractivity contribution in [3.63, 3.8) is 0 Å². The Kier molecular flexibility index (Phi) is 5.47. The Morgan fingerprint density at radius 3 is 2.71 bits per heavy atom. The van der Waals surface area contributed by atoms with Gasteiger partial charge in [0.15, 0.2) is 0 Å². The molecule has 5 heteroatoms. The number of amides is 2. The molecule has 0 radical (unpaired) electrons. The van der Waals surface area contributed by atoms with Gasteiger partial charge in [-0.1, -0.05) is 19.8 Å². The maximum Gasteiger partial charge on any atom is 0.310 e. The number of hydrogen-bond acceptors (Lipinski definition) is 3. The van der Waals surface area contributed by atoms with Gasteiger partial charge in [-0.25, -0.2) is 0 Å². The molecule has 0 aromatic rings. The summed E-state index contributed by atoms with van der Waals surface area (Å²) in [6.45, 7) is 2.08. The fraction of sp³-hybridized carbons (Fsp3) is 0.750. The van der Waals surface area contributed by atoms with Crippen LogP contribution in [0.1, 0.15) is 39.0 Å². The minimum Gasteiger partial charge on any atom is -0.345 e. The number of nitriles is 1. The van der Waals surface area contributed by atoms with Crippen LogP contribution < -0.4 is 10.6 Å². The second kappa shape index (κ2) is 6.89. The van der Waals surface area contributed by atoms with Gasteiger partial charge in [-0.15, -0.1) is 0 Å². The third-order valence-corrected chi connectivity index (χ3v) is 3.13. The van der Waals surface area contributed by atoms with Gasteiger partial charge in [0.05, 0.1) is 6.07 Å². The summed E-state index contributed by atoms with van der Waals surface area (Å²) in [5.74, 6) is -0.645. The van der Waals surface area contributed by atoms with Gasteiger partial charge in [0.1, 0.15) is 6.54 Å². The Bertz CT molecular complexity index is 322. The minimum absolute atomic E-state index is 0.0975. The average molecular weight is 237 g/mol. The van der Waals surface area contributed by atoms with Crippen molar-refractivity contribution < 1.29 is 9.59 Å². The summed E-state index contributed by atoms with van der Waals surface area (Å²) < 4.78 is 0. The van der Waals surface area contributed by atoms with Gasteiger partial charge in [0.25, 0.3) is 0 Å². The summed E-state index contributed by atoms with van der Waals surface area (Å²) in [5.41, 5.74) is 0. The molecule has 1 fully saturated rings. The van der Waals surface area contributed by atoms with Crippen LogP contribution in [0.15, 0.2) is 0 Å². The molecule has 0 aromatic carbocycles. The van der Waals surface area contributed by atoms with E-state index in [4.69, 9.17) is 5.26 Å². The first-order valence-corrected chi connectivity index (χ1v) is 6.09. The number of hydrogen-bond donors (Lipinski definition) is 2. The molecule has 0 spiro atoms. The monoisotopic (exact) mass is 237 g/mol. The van der Waals surface area contributed by atoms with Crippen LogP contribution in [0.5, 0.6) is 0 Å². The van der Waals surface area contributed by atoms with Crippen molar-refractivity contribution in [2.24, 2.45) is 5.92 Å². The summed E-state index contributed by atoms with van der Waals surface area (Å²) in [6.07, 6.45) is 5.23. The van der Waals surface area contributed by atoms with E-state index in [0.717, 1.165) is 25.7 Å². The van der Waals surface area contributed by atoms with Gasteiger partial charge in [-0.3, -0.25) is 9.59 Å². The Labute approximate surface area is 102 Å². The third kappa shape index (κ3) is 4.85. The van der Waals surface area contributed by atoms with Crippen molar-refractivity contribution in [2.45, 2.75) is 45.1 Å². The molecule has 5 nitrogen and oxygen atoms in total. The van der Waals surface area contributed by atoms with Crippen LogP contribution in [0, 0.1) is 17.2 Å². The van der Waals surface area contributed by atoms with Crippen LogP contribution in [0.3, 0.4) is 0 Å². The molecule has 1 aliphatic rings. The van der Waals surface area contributed by atoms with Crippen molar-refractivity contribution >= 4 is 11.8 Å². The van der Waals surface area contributed by atoms with Crippen LogP contribution >= 0.6 is 0 Å². The van der Waals surface area contributed by atoms with Gasteiger partial charge in [-0.2, -0.15) is 5.26 Å². The second-order valence-electron chi connectivity index (χ2n) is 4.62.